The summed E-state index contributed by atoms with van der Waals surface area (Å²) in [7, 11) is 0. The van der Waals surface area contributed by atoms with Crippen LogP contribution in [-0.2, 0) is 12.8 Å². The third-order valence-corrected chi connectivity index (χ3v) is 5.52. The lowest BCUT2D eigenvalue weighted by atomic mass is 10.1. The fraction of sp³-hybridized carbons (Fsp3) is 0.235. The molecule has 0 bridgehead atoms. The van der Waals surface area contributed by atoms with Crippen molar-refractivity contribution in [2.45, 2.75) is 26.7 Å². The molecule has 0 amide bonds. The Morgan fingerprint density at radius 2 is 1.73 bits per heavy atom. The number of nitrogen functional groups attached to an aromatic ring is 1. The van der Waals surface area contributed by atoms with Crippen LogP contribution in [0, 0.1) is 0 Å². The lowest BCUT2D eigenvalue weighted by molar-refractivity contribution is 0.615. The fourth-order valence-corrected chi connectivity index (χ4v) is 3.87. The van der Waals surface area contributed by atoms with Crippen LogP contribution in [0.25, 0.3) is 22.6 Å². The molecule has 0 aliphatic carbocycles. The summed E-state index contributed by atoms with van der Waals surface area (Å²) < 4.78 is 7.68. The van der Waals surface area contributed by atoms with Gasteiger partial charge in [-0.1, -0.05) is 26.0 Å². The summed E-state index contributed by atoms with van der Waals surface area (Å²) in [6, 6.07) is 8.29. The van der Waals surface area contributed by atoms with E-state index in [1.165, 1.54) is 5.56 Å². The maximum absolute atomic E-state index is 6.13. The van der Waals surface area contributed by atoms with E-state index in [0.29, 0.717) is 11.6 Å². The first-order chi connectivity index (χ1) is 10.6. The van der Waals surface area contributed by atoms with Gasteiger partial charge in [0.25, 0.3) is 0 Å². The molecule has 5 heteroatoms. The van der Waals surface area contributed by atoms with Gasteiger partial charge in [-0.25, -0.2) is 4.98 Å². The Morgan fingerprint density at radius 3 is 2.32 bits per heavy atom. The second kappa shape index (κ2) is 6.05. The third-order valence-electron chi connectivity index (χ3n) is 3.81. The van der Waals surface area contributed by atoms with Gasteiger partial charge >= 0.3 is 0 Å². The predicted molar refractivity (Wildman–Crippen MR) is 98.0 cm³/mol. The van der Waals surface area contributed by atoms with Gasteiger partial charge in [-0.05, 0) is 62.4 Å². The Hall–Kier alpha value is -1.33. The van der Waals surface area contributed by atoms with Crippen molar-refractivity contribution >= 4 is 48.6 Å². The van der Waals surface area contributed by atoms with Crippen LogP contribution in [0.15, 0.2) is 37.6 Å². The van der Waals surface area contributed by atoms with Gasteiger partial charge in [0.15, 0.2) is 5.58 Å². The number of aromatic nitrogens is 1. The zero-order chi connectivity index (χ0) is 15.9. The van der Waals surface area contributed by atoms with Crippen molar-refractivity contribution in [3.8, 4) is 11.5 Å². The SMILES string of the molecule is CCc1ccc(-c2nc3c(Br)c(N)c(Br)c(CC)c3o2)cc1. The van der Waals surface area contributed by atoms with E-state index in [2.05, 4.69) is 62.8 Å². The smallest absolute Gasteiger partial charge is 0.227 e. The molecule has 0 radical (unpaired) electrons. The van der Waals surface area contributed by atoms with Crippen molar-refractivity contribution in [1.29, 1.82) is 0 Å². The number of nitrogens with zero attached hydrogens (tertiary/aromatic N) is 1. The lowest BCUT2D eigenvalue weighted by Crippen LogP contribution is -1.94. The van der Waals surface area contributed by atoms with Gasteiger partial charge in [0.05, 0.1) is 10.2 Å². The molecule has 114 valence electrons. The molecule has 1 aromatic heterocycles. The number of fused-ring (bicyclic) bond motifs is 1. The van der Waals surface area contributed by atoms with Crippen LogP contribution in [0.2, 0.25) is 0 Å². The average molecular weight is 424 g/mol. The van der Waals surface area contributed by atoms with Gasteiger partial charge in [0.2, 0.25) is 5.89 Å². The molecule has 0 saturated heterocycles. The summed E-state index contributed by atoms with van der Waals surface area (Å²) in [6.07, 6.45) is 1.83. The molecule has 0 unspecified atom stereocenters. The zero-order valence-corrected chi connectivity index (χ0v) is 15.6. The van der Waals surface area contributed by atoms with Crippen molar-refractivity contribution in [1.82, 2.24) is 4.98 Å². The van der Waals surface area contributed by atoms with Crippen LogP contribution >= 0.6 is 31.9 Å². The summed E-state index contributed by atoms with van der Waals surface area (Å²) in [5.41, 5.74) is 11.7. The van der Waals surface area contributed by atoms with Crippen molar-refractivity contribution < 1.29 is 4.42 Å². The summed E-state index contributed by atoms with van der Waals surface area (Å²) in [6.45, 7) is 4.21. The number of hydrogen-bond donors (Lipinski definition) is 1. The van der Waals surface area contributed by atoms with Gasteiger partial charge < -0.3 is 10.2 Å². The molecular formula is C17H16Br2N2O. The highest BCUT2D eigenvalue weighted by molar-refractivity contribution is 9.11. The predicted octanol–water partition coefficient (Wildman–Crippen LogP) is 5.73. The van der Waals surface area contributed by atoms with Crippen molar-refractivity contribution in [3.63, 3.8) is 0 Å². The minimum Gasteiger partial charge on any atom is -0.436 e. The Kier molecular flexibility index (Phi) is 4.28. The largest absolute Gasteiger partial charge is 0.436 e. The van der Waals surface area contributed by atoms with E-state index >= 15 is 0 Å². The molecule has 0 spiro atoms. The van der Waals surface area contributed by atoms with E-state index in [9.17, 15) is 0 Å². The summed E-state index contributed by atoms with van der Waals surface area (Å²) in [5, 5.41) is 0. The molecule has 3 nitrogen and oxygen atoms in total. The first kappa shape index (κ1) is 15.6. The van der Waals surface area contributed by atoms with Gasteiger partial charge in [-0.15, -0.1) is 0 Å². The second-order valence-electron chi connectivity index (χ2n) is 5.12. The van der Waals surface area contributed by atoms with E-state index in [1.807, 2.05) is 12.1 Å². The van der Waals surface area contributed by atoms with Gasteiger partial charge in [-0.3, -0.25) is 0 Å². The van der Waals surface area contributed by atoms with Gasteiger partial charge in [0.1, 0.15) is 5.52 Å². The fourth-order valence-electron chi connectivity index (χ4n) is 2.48. The monoisotopic (exact) mass is 422 g/mol. The lowest BCUT2D eigenvalue weighted by Gasteiger charge is -2.07. The van der Waals surface area contributed by atoms with E-state index in [1.54, 1.807) is 0 Å². The van der Waals surface area contributed by atoms with Crippen LogP contribution in [0.5, 0.6) is 0 Å². The highest BCUT2D eigenvalue weighted by Gasteiger charge is 2.20. The van der Waals surface area contributed by atoms with Gasteiger partial charge in [-0.2, -0.15) is 0 Å². The number of hydrogen-bond acceptors (Lipinski definition) is 3. The van der Waals surface area contributed by atoms with E-state index in [4.69, 9.17) is 10.2 Å². The number of anilines is 1. The molecule has 0 saturated carbocycles. The maximum atomic E-state index is 6.13. The Labute approximate surface area is 146 Å². The quantitative estimate of drug-likeness (QED) is 0.547. The Balaban J connectivity index is 2.22. The number of benzene rings is 2. The molecule has 0 atom stereocenters. The first-order valence-corrected chi connectivity index (χ1v) is 8.80. The second-order valence-corrected chi connectivity index (χ2v) is 6.71. The number of nitrogens with two attached hydrogens (primary N) is 1. The minimum absolute atomic E-state index is 0.616. The molecule has 1 heterocycles. The van der Waals surface area contributed by atoms with E-state index in [-0.39, 0.29) is 0 Å². The zero-order valence-electron chi connectivity index (χ0n) is 12.4. The van der Waals surface area contributed by atoms with Crippen molar-refractivity contribution in [2.75, 3.05) is 5.73 Å². The minimum atomic E-state index is 0.616. The van der Waals surface area contributed by atoms with E-state index < -0.39 is 0 Å². The molecular weight excluding hydrogens is 408 g/mol. The Morgan fingerprint density at radius 1 is 1.05 bits per heavy atom. The molecule has 22 heavy (non-hydrogen) atoms. The van der Waals surface area contributed by atoms with Crippen molar-refractivity contribution in [3.05, 3.63) is 44.3 Å². The molecule has 2 aromatic carbocycles. The van der Waals surface area contributed by atoms with E-state index in [0.717, 1.165) is 44.0 Å². The Bertz CT molecular complexity index is 838. The van der Waals surface area contributed by atoms with Crippen molar-refractivity contribution in [2.24, 2.45) is 0 Å². The number of halogens is 2. The summed E-state index contributed by atoms with van der Waals surface area (Å²) in [5.74, 6) is 0.616. The molecule has 2 N–H and O–H groups in total. The topological polar surface area (TPSA) is 52.0 Å². The third kappa shape index (κ3) is 2.46. The van der Waals surface area contributed by atoms with Crippen LogP contribution in [-0.4, -0.2) is 4.98 Å². The van der Waals surface area contributed by atoms with Crippen LogP contribution in [0.3, 0.4) is 0 Å². The number of aryl methyl sites for hydroxylation is 2. The molecule has 0 aliphatic heterocycles. The normalized spacial score (nSPS) is 11.3. The molecule has 3 rings (SSSR count). The summed E-state index contributed by atoms with van der Waals surface area (Å²) in [4.78, 5) is 4.63. The van der Waals surface area contributed by atoms with Gasteiger partial charge in [0, 0.05) is 15.6 Å². The number of oxazole rings is 1. The highest BCUT2D eigenvalue weighted by Crippen LogP contribution is 2.41. The molecule has 0 aliphatic rings. The van der Waals surface area contributed by atoms with Crippen LogP contribution in [0.1, 0.15) is 25.0 Å². The standard InChI is InChI=1S/C17H16Br2N2O/c1-3-9-5-7-10(8-6-9)17-21-15-13(19)14(20)12(18)11(4-2)16(15)22-17/h5-8H,3-4,20H2,1-2H3. The molecule has 3 aromatic rings. The first-order valence-electron chi connectivity index (χ1n) is 7.21. The maximum Gasteiger partial charge on any atom is 0.227 e. The van der Waals surface area contributed by atoms with Crippen LogP contribution in [0.4, 0.5) is 5.69 Å². The average Bonchev–Trinajstić information content (AvgIpc) is 2.98. The van der Waals surface area contributed by atoms with Crippen LogP contribution < -0.4 is 5.73 Å². The summed E-state index contributed by atoms with van der Waals surface area (Å²) >= 11 is 7.08. The number of rotatable bonds is 3. The molecule has 0 fully saturated rings. The highest BCUT2D eigenvalue weighted by atomic mass is 79.9.